The van der Waals surface area contributed by atoms with E-state index in [1.54, 1.807) is 6.20 Å². The van der Waals surface area contributed by atoms with E-state index in [9.17, 15) is 4.79 Å². The number of ether oxygens (including phenoxy) is 1. The largest absolute Gasteiger partial charge is 0.381 e. The molecule has 4 rings (SSSR count). The summed E-state index contributed by atoms with van der Waals surface area (Å²) in [5.41, 5.74) is 1.17. The van der Waals surface area contributed by atoms with E-state index in [2.05, 4.69) is 37.1 Å². The fraction of sp³-hybridized carbons (Fsp3) is 0.650. The first-order valence-corrected chi connectivity index (χ1v) is 9.70. The number of amides is 1. The minimum absolute atomic E-state index is 0.0758. The number of hydrogen-bond acceptors (Lipinski definition) is 4. The van der Waals surface area contributed by atoms with Crippen molar-refractivity contribution >= 4 is 5.91 Å². The van der Waals surface area contributed by atoms with Gasteiger partial charge in [-0.25, -0.2) is 4.98 Å². The molecule has 0 aliphatic carbocycles. The van der Waals surface area contributed by atoms with E-state index in [0.717, 1.165) is 44.0 Å². The average Bonchev–Trinajstić information content (AvgIpc) is 3.23. The molecule has 0 bridgehead atoms. The van der Waals surface area contributed by atoms with Crippen LogP contribution in [0.2, 0.25) is 0 Å². The van der Waals surface area contributed by atoms with Crippen molar-refractivity contribution in [1.82, 2.24) is 24.2 Å². The number of aryl methyl sites for hydroxylation is 1. The van der Waals surface area contributed by atoms with Crippen molar-refractivity contribution in [2.24, 2.45) is 5.41 Å². The molecule has 0 radical (unpaired) electrons. The molecule has 7 nitrogen and oxygen atoms in total. The highest BCUT2D eigenvalue weighted by atomic mass is 16.5. The second-order valence-corrected chi connectivity index (χ2v) is 8.89. The lowest BCUT2D eigenvalue weighted by molar-refractivity contribution is -0.170. The molecule has 2 aliphatic heterocycles. The molecule has 2 aliphatic rings. The van der Waals surface area contributed by atoms with Gasteiger partial charge in [-0.15, -0.1) is 0 Å². The second-order valence-electron chi connectivity index (χ2n) is 8.89. The first kappa shape index (κ1) is 18.2. The number of carbonyl (C=O) groups excluding carboxylic acids is 1. The molecule has 1 spiro atoms. The Hall–Kier alpha value is -2.15. The van der Waals surface area contributed by atoms with E-state index in [1.807, 2.05) is 33.5 Å². The Morgan fingerprint density at radius 3 is 2.67 bits per heavy atom. The number of rotatable bonds is 3. The van der Waals surface area contributed by atoms with Gasteiger partial charge in [0.15, 0.2) is 0 Å². The van der Waals surface area contributed by atoms with Crippen LogP contribution in [0.3, 0.4) is 0 Å². The van der Waals surface area contributed by atoms with Crippen LogP contribution < -0.4 is 0 Å². The van der Waals surface area contributed by atoms with E-state index in [-0.39, 0.29) is 22.9 Å². The zero-order valence-electron chi connectivity index (χ0n) is 16.7. The van der Waals surface area contributed by atoms with Crippen molar-refractivity contribution in [1.29, 1.82) is 0 Å². The smallest absolute Gasteiger partial charge is 0.243 e. The van der Waals surface area contributed by atoms with Crippen LogP contribution in [-0.4, -0.2) is 49.9 Å². The Morgan fingerprint density at radius 1 is 1.33 bits per heavy atom. The Kier molecular flexibility index (Phi) is 4.37. The zero-order valence-corrected chi connectivity index (χ0v) is 16.7. The quantitative estimate of drug-likeness (QED) is 0.832. The Morgan fingerprint density at radius 2 is 2.07 bits per heavy atom. The summed E-state index contributed by atoms with van der Waals surface area (Å²) >= 11 is 0. The summed E-state index contributed by atoms with van der Waals surface area (Å²) in [6, 6.07) is 0.0776. The number of likely N-dealkylation sites (tertiary alicyclic amines) is 1. The van der Waals surface area contributed by atoms with Crippen LogP contribution in [0, 0.1) is 12.3 Å². The molecule has 1 atom stereocenters. The van der Waals surface area contributed by atoms with Gasteiger partial charge < -0.3 is 14.2 Å². The monoisotopic (exact) mass is 371 g/mol. The van der Waals surface area contributed by atoms with Crippen LogP contribution >= 0.6 is 0 Å². The maximum absolute atomic E-state index is 13.1. The molecule has 0 N–H and O–H groups in total. The van der Waals surface area contributed by atoms with Crippen LogP contribution in [-0.2, 0) is 21.6 Å². The van der Waals surface area contributed by atoms with Crippen LogP contribution in [0.1, 0.15) is 51.0 Å². The molecule has 1 amide bonds. The lowest BCUT2D eigenvalue weighted by Gasteiger charge is -2.59. The van der Waals surface area contributed by atoms with Crippen molar-refractivity contribution in [2.45, 2.75) is 58.7 Å². The number of carbonyl (C=O) groups is 1. The molecule has 7 heteroatoms. The molecule has 2 aromatic rings. The van der Waals surface area contributed by atoms with E-state index in [1.165, 1.54) is 0 Å². The van der Waals surface area contributed by atoms with Crippen molar-refractivity contribution < 1.29 is 9.53 Å². The lowest BCUT2D eigenvalue weighted by atomic mass is 9.64. The number of imidazole rings is 1. The second kappa shape index (κ2) is 6.48. The van der Waals surface area contributed by atoms with Crippen molar-refractivity contribution in [3.05, 3.63) is 36.2 Å². The van der Waals surface area contributed by atoms with Crippen molar-refractivity contribution in [3.63, 3.8) is 0 Å². The summed E-state index contributed by atoms with van der Waals surface area (Å²) in [5, 5.41) is 4.58. The van der Waals surface area contributed by atoms with Gasteiger partial charge in [-0.05, 0) is 40.5 Å². The Balaban J connectivity index is 1.61. The van der Waals surface area contributed by atoms with Gasteiger partial charge in [0.2, 0.25) is 5.91 Å². The van der Waals surface area contributed by atoms with E-state index >= 15 is 0 Å². The van der Waals surface area contributed by atoms with Crippen LogP contribution in [0.5, 0.6) is 0 Å². The van der Waals surface area contributed by atoms with E-state index in [4.69, 9.17) is 4.74 Å². The van der Waals surface area contributed by atoms with Crippen LogP contribution in [0.4, 0.5) is 0 Å². The molecule has 4 heterocycles. The summed E-state index contributed by atoms with van der Waals surface area (Å²) in [6.07, 6.45) is 9.64. The van der Waals surface area contributed by atoms with Gasteiger partial charge in [0, 0.05) is 49.3 Å². The minimum Gasteiger partial charge on any atom is -0.381 e. The van der Waals surface area contributed by atoms with Crippen molar-refractivity contribution in [3.8, 4) is 0 Å². The van der Waals surface area contributed by atoms with Crippen LogP contribution in [0.15, 0.2) is 24.8 Å². The normalized spacial score (nSPS) is 22.1. The Labute approximate surface area is 160 Å². The molecule has 2 saturated heterocycles. The molecule has 0 saturated carbocycles. The summed E-state index contributed by atoms with van der Waals surface area (Å²) in [5.74, 6) is 1.00. The highest BCUT2D eigenvalue weighted by Crippen LogP contribution is 2.54. The van der Waals surface area contributed by atoms with Gasteiger partial charge in [-0.2, -0.15) is 5.10 Å². The molecule has 2 aromatic heterocycles. The van der Waals surface area contributed by atoms with E-state index in [0.29, 0.717) is 6.54 Å². The molecule has 27 heavy (non-hydrogen) atoms. The van der Waals surface area contributed by atoms with Crippen molar-refractivity contribution in [2.75, 3.05) is 19.8 Å². The third-order valence-electron chi connectivity index (χ3n) is 6.02. The summed E-state index contributed by atoms with van der Waals surface area (Å²) in [4.78, 5) is 19.3. The lowest BCUT2D eigenvalue weighted by Crippen LogP contribution is -2.62. The molecular formula is C20H29N5O2. The van der Waals surface area contributed by atoms with Gasteiger partial charge in [-0.3, -0.25) is 9.48 Å². The maximum Gasteiger partial charge on any atom is 0.243 e. The summed E-state index contributed by atoms with van der Waals surface area (Å²) in [7, 11) is 0. The first-order chi connectivity index (χ1) is 12.8. The molecule has 0 aromatic carbocycles. The number of aromatic nitrogens is 4. The predicted molar refractivity (Wildman–Crippen MR) is 101 cm³/mol. The van der Waals surface area contributed by atoms with Gasteiger partial charge >= 0.3 is 0 Å². The molecule has 2 fully saturated rings. The van der Waals surface area contributed by atoms with Crippen LogP contribution in [0.25, 0.3) is 0 Å². The predicted octanol–water partition coefficient (Wildman–Crippen LogP) is 2.52. The first-order valence-electron chi connectivity index (χ1n) is 9.70. The third-order valence-corrected chi connectivity index (χ3v) is 6.02. The van der Waals surface area contributed by atoms with Gasteiger partial charge in [0.05, 0.1) is 17.8 Å². The fourth-order valence-electron chi connectivity index (χ4n) is 4.36. The summed E-state index contributed by atoms with van der Waals surface area (Å²) in [6.45, 7) is 11.0. The topological polar surface area (TPSA) is 65.2 Å². The third kappa shape index (κ3) is 3.18. The maximum atomic E-state index is 13.1. The van der Waals surface area contributed by atoms with Gasteiger partial charge in [0.1, 0.15) is 12.4 Å². The van der Waals surface area contributed by atoms with E-state index < -0.39 is 0 Å². The summed E-state index contributed by atoms with van der Waals surface area (Å²) < 4.78 is 9.51. The highest BCUT2D eigenvalue weighted by Gasteiger charge is 2.55. The fourth-order valence-corrected chi connectivity index (χ4v) is 4.36. The highest BCUT2D eigenvalue weighted by molar-refractivity contribution is 5.78. The Bertz CT molecular complexity index is 826. The molecule has 146 valence electrons. The molecular weight excluding hydrogens is 342 g/mol. The standard InChI is InChI=1S/C20H29N5O2/c1-15-21-7-8-23(15)13-17(26)24-14-20(5-9-27-10-6-20)18(24)16-11-22-25(12-16)19(2,3)4/h7-8,11-12,18H,5-6,9-10,13-14H2,1-4H3. The zero-order chi connectivity index (χ0) is 19.2. The van der Waals surface area contributed by atoms with Gasteiger partial charge in [0.25, 0.3) is 0 Å². The number of hydrogen-bond donors (Lipinski definition) is 0. The van der Waals surface area contributed by atoms with Gasteiger partial charge in [-0.1, -0.05) is 0 Å². The SMILES string of the molecule is Cc1nccn1CC(=O)N1CC2(CCOCC2)C1c1cnn(C(C)(C)C)c1. The minimum atomic E-state index is -0.0758. The molecule has 1 unspecified atom stereocenters. The number of nitrogens with zero attached hydrogens (tertiary/aromatic N) is 5. The average molecular weight is 371 g/mol.